The Morgan fingerprint density at radius 3 is 1.32 bits per heavy atom. The van der Waals surface area contributed by atoms with E-state index < -0.39 is 33.7 Å². The highest BCUT2D eigenvalue weighted by Crippen LogP contribution is 2.49. The Balaban J connectivity index is 4.25. The van der Waals surface area contributed by atoms with E-state index in [-0.39, 0.29) is 19.3 Å². The van der Waals surface area contributed by atoms with Gasteiger partial charge < -0.3 is 20.1 Å². The first-order valence-electron chi connectivity index (χ1n) is 13.0. The lowest BCUT2D eigenvalue weighted by molar-refractivity contribution is -0.138. The van der Waals surface area contributed by atoms with Crippen molar-refractivity contribution in [1.29, 1.82) is 0 Å². The zero-order chi connectivity index (χ0) is 28.1. The Bertz CT molecular complexity index is 865. The quantitative estimate of drug-likeness (QED) is 0.0786. The van der Waals surface area contributed by atoms with Crippen LogP contribution in [0.2, 0.25) is 0 Å². The summed E-state index contributed by atoms with van der Waals surface area (Å²) >= 11 is 14.1. The molecule has 0 bridgehead atoms. The highest BCUT2D eigenvalue weighted by molar-refractivity contribution is 7.81. The second-order valence-corrected chi connectivity index (χ2v) is 11.1. The van der Waals surface area contributed by atoms with Gasteiger partial charge in [0.15, 0.2) is 0 Å². The van der Waals surface area contributed by atoms with Crippen LogP contribution in [0, 0.1) is 0 Å². The predicted octanol–water partition coefficient (Wildman–Crippen LogP) is 6.89. The number of carboxylic acid groups (broad SMARTS) is 3. The van der Waals surface area contributed by atoms with Crippen molar-refractivity contribution >= 4 is 55.8 Å². The van der Waals surface area contributed by atoms with Crippen molar-refractivity contribution in [1.82, 2.24) is 0 Å². The highest BCUT2D eigenvalue weighted by atomic mass is 32.1. The van der Waals surface area contributed by atoms with Crippen LogP contribution in [0.4, 0.5) is 0 Å². The molecule has 0 heterocycles. The van der Waals surface area contributed by atoms with Crippen LogP contribution in [0.1, 0.15) is 122 Å². The van der Waals surface area contributed by atoms with Crippen molar-refractivity contribution in [3.63, 3.8) is 0 Å². The van der Waals surface area contributed by atoms with E-state index in [0.717, 1.165) is 55.2 Å². The molecule has 1 rings (SSSR count). The molecule has 3 N–H and O–H groups in total. The van der Waals surface area contributed by atoms with Gasteiger partial charge in [-0.2, -0.15) is 37.9 Å². The van der Waals surface area contributed by atoms with E-state index in [2.05, 4.69) is 0 Å². The van der Waals surface area contributed by atoms with Gasteiger partial charge in [-0.15, -0.1) is 0 Å². The third-order valence-corrected chi connectivity index (χ3v) is 7.52. The molecule has 0 aliphatic rings. The van der Waals surface area contributed by atoms with Crippen molar-refractivity contribution in [3.8, 4) is 5.75 Å². The summed E-state index contributed by atoms with van der Waals surface area (Å²) in [7, 11) is 0. The fraction of sp³-hybridized carbons (Fsp3) is 0.667. The van der Waals surface area contributed by atoms with Crippen LogP contribution in [0.5, 0.6) is 5.75 Å². The number of unbranched alkanes of at least 4 members (excludes halogenated alkanes) is 3. The zero-order valence-corrected chi connectivity index (χ0v) is 24.7. The topological polar surface area (TPSA) is 121 Å². The van der Waals surface area contributed by atoms with Crippen molar-refractivity contribution in [3.05, 3.63) is 27.8 Å². The number of ether oxygens (including phenoxy) is 1. The summed E-state index contributed by atoms with van der Waals surface area (Å²) in [6.07, 6.45) is 5.35. The lowest BCUT2D eigenvalue weighted by atomic mass is 9.81. The van der Waals surface area contributed by atoms with Gasteiger partial charge in [-0.3, -0.25) is 14.4 Å². The Hall–Kier alpha value is -1.52. The monoisotopic (exact) mass is 574 g/mol. The minimum absolute atomic E-state index is 0.234. The number of hydrogen-bond acceptors (Lipinski definition) is 7. The van der Waals surface area contributed by atoms with Gasteiger partial charge in [0.2, 0.25) is 0 Å². The molecule has 0 saturated carbocycles. The maximum atomic E-state index is 11.7. The van der Waals surface area contributed by atoms with Crippen molar-refractivity contribution in [2.24, 2.45) is 0 Å². The molecule has 0 aliphatic heterocycles. The summed E-state index contributed by atoms with van der Waals surface area (Å²) in [4.78, 5) is 35.2. The van der Waals surface area contributed by atoms with Gasteiger partial charge in [0, 0.05) is 26.9 Å². The van der Waals surface area contributed by atoms with Crippen LogP contribution in [-0.2, 0) is 27.2 Å². The van der Waals surface area contributed by atoms with Gasteiger partial charge in [-0.25, -0.2) is 0 Å². The van der Waals surface area contributed by atoms with Gasteiger partial charge in [-0.1, -0.05) is 40.0 Å². The Morgan fingerprint density at radius 1 is 0.649 bits per heavy atom. The summed E-state index contributed by atoms with van der Waals surface area (Å²) in [5.74, 6) is -2.61. The summed E-state index contributed by atoms with van der Waals surface area (Å²) < 4.78 is 6.35. The van der Waals surface area contributed by atoms with E-state index in [4.69, 9.17) is 42.6 Å². The molecule has 1 aromatic carbocycles. The average molecular weight is 575 g/mol. The molecule has 0 fully saturated rings. The van der Waals surface area contributed by atoms with E-state index in [1.54, 1.807) is 0 Å². The first-order chi connectivity index (χ1) is 17.5. The largest absolute Gasteiger partial charge is 0.493 e. The van der Waals surface area contributed by atoms with Gasteiger partial charge in [-0.05, 0) is 48.8 Å². The lowest BCUT2D eigenvalue weighted by Gasteiger charge is -2.32. The number of carbonyl (C=O) groups is 3. The van der Waals surface area contributed by atoms with Crippen LogP contribution in [0.3, 0.4) is 0 Å². The van der Waals surface area contributed by atoms with Crippen LogP contribution < -0.4 is 4.74 Å². The fourth-order valence-corrected chi connectivity index (χ4v) is 5.85. The number of hydrogen-bond donors (Lipinski definition) is 6. The number of benzene rings is 1. The van der Waals surface area contributed by atoms with Crippen molar-refractivity contribution in [2.75, 3.05) is 6.61 Å². The molecule has 0 aliphatic carbocycles. The Morgan fingerprint density at radius 2 is 1.00 bits per heavy atom. The molecule has 0 amide bonds. The minimum atomic E-state index is -1.03. The molecule has 0 radical (unpaired) electrons. The second kappa shape index (κ2) is 17.1. The zero-order valence-electron chi connectivity index (χ0n) is 22.0. The molecule has 0 spiro atoms. The molecule has 37 heavy (non-hydrogen) atoms. The van der Waals surface area contributed by atoms with E-state index in [0.29, 0.717) is 36.3 Å². The third kappa shape index (κ3) is 10.3. The highest BCUT2D eigenvalue weighted by Gasteiger charge is 2.33. The van der Waals surface area contributed by atoms with Crippen LogP contribution in [0.25, 0.3) is 0 Å². The molecule has 7 nitrogen and oxygen atoms in total. The first kappa shape index (κ1) is 33.5. The van der Waals surface area contributed by atoms with Crippen molar-refractivity contribution in [2.45, 2.75) is 107 Å². The summed E-state index contributed by atoms with van der Waals surface area (Å²) in [6.45, 7) is 6.50. The van der Waals surface area contributed by atoms with Crippen molar-refractivity contribution < 1.29 is 34.4 Å². The first-order valence-corrected chi connectivity index (χ1v) is 14.6. The van der Waals surface area contributed by atoms with Gasteiger partial charge in [0.05, 0.1) is 25.9 Å². The predicted molar refractivity (Wildman–Crippen MR) is 156 cm³/mol. The summed E-state index contributed by atoms with van der Waals surface area (Å²) in [6, 6.07) is 0. The normalized spacial score (nSPS) is 13.7. The number of carboxylic acids is 3. The Labute approximate surface area is 237 Å². The van der Waals surface area contributed by atoms with E-state index in [1.165, 1.54) is 0 Å². The fourth-order valence-electron chi connectivity index (χ4n) is 4.52. The third-order valence-electron chi connectivity index (χ3n) is 6.20. The van der Waals surface area contributed by atoms with Crippen LogP contribution >= 0.6 is 37.9 Å². The maximum Gasteiger partial charge on any atom is 0.304 e. The molecule has 3 atom stereocenters. The standard InChI is InChI=1S/C27H42O7S3/c1-4-7-10-16-24(18(35)13-21(28)29)17(11-8-5-2)26(20(37)15-23(32)33)27(34-12-9-6-3)25(16)19(36)14-22(30)31/h18-20,35-37H,4-15H2,1-3H3,(H,28,29)(H,30,31)(H,32,33). The van der Waals surface area contributed by atoms with Gasteiger partial charge in [0.1, 0.15) is 5.75 Å². The minimum Gasteiger partial charge on any atom is -0.493 e. The number of aliphatic carboxylic acids is 3. The maximum absolute atomic E-state index is 11.7. The number of thiol groups is 3. The van der Waals surface area contributed by atoms with Gasteiger partial charge in [0.25, 0.3) is 0 Å². The van der Waals surface area contributed by atoms with Gasteiger partial charge >= 0.3 is 17.9 Å². The molecule has 1 aromatic rings. The summed E-state index contributed by atoms with van der Waals surface area (Å²) in [5, 5.41) is 26.7. The molecule has 0 aromatic heterocycles. The molecule has 10 heteroatoms. The molecule has 0 saturated heterocycles. The average Bonchev–Trinajstić information content (AvgIpc) is 2.79. The molecular formula is C27H42O7S3. The molecule has 3 unspecified atom stereocenters. The van der Waals surface area contributed by atoms with E-state index >= 15 is 0 Å². The van der Waals surface area contributed by atoms with E-state index in [9.17, 15) is 29.7 Å². The summed E-state index contributed by atoms with van der Waals surface area (Å²) in [5.41, 5.74) is 3.56. The molecule has 210 valence electrons. The lowest BCUT2D eigenvalue weighted by Crippen LogP contribution is -2.19. The Kier molecular flexibility index (Phi) is 15.5. The molecular weight excluding hydrogens is 532 g/mol. The SMILES string of the molecule is CCCCOc1c(C(S)CC(=O)O)c(CCCC)c(C(S)CC(=O)O)c(CCCC)c1C(S)CC(=O)O. The van der Waals surface area contributed by atoms with E-state index in [1.807, 2.05) is 20.8 Å². The smallest absolute Gasteiger partial charge is 0.304 e. The van der Waals surface area contributed by atoms with Crippen LogP contribution in [0.15, 0.2) is 0 Å². The second-order valence-electron chi connectivity index (χ2n) is 9.28. The number of rotatable bonds is 19. The van der Waals surface area contributed by atoms with Crippen LogP contribution in [-0.4, -0.2) is 39.8 Å².